The van der Waals surface area contributed by atoms with E-state index < -0.39 is 5.91 Å². The molecule has 3 aromatic carbocycles. The van der Waals surface area contributed by atoms with Crippen LogP contribution in [0.4, 0.5) is 0 Å². The molecule has 3 rings (SSSR count). The molecule has 27 heavy (non-hydrogen) atoms. The molecule has 0 saturated heterocycles. The highest BCUT2D eigenvalue weighted by molar-refractivity contribution is 6.07. The van der Waals surface area contributed by atoms with Crippen molar-refractivity contribution in [3.05, 3.63) is 77.9 Å². The summed E-state index contributed by atoms with van der Waals surface area (Å²) in [6.45, 7) is -0.175. The first-order chi connectivity index (χ1) is 13.2. The number of carbonyl (C=O) groups excluding carboxylic acids is 2. The van der Waals surface area contributed by atoms with Crippen molar-refractivity contribution in [1.82, 2.24) is 10.7 Å². The zero-order valence-electron chi connectivity index (χ0n) is 14.8. The standard InChI is InChI=1S/C21H19N3O3/c1-27-19-12-5-3-8-16(19)13-23-24-20(25)14-22-21(26)18-11-6-9-15-7-2-4-10-17(15)18/h2-13H,14H2,1H3,(H,22,26)(H,24,25). The number of para-hydroxylation sites is 1. The second kappa shape index (κ2) is 8.62. The van der Waals surface area contributed by atoms with Crippen LogP contribution in [0, 0.1) is 0 Å². The second-order valence-corrected chi connectivity index (χ2v) is 5.74. The first kappa shape index (κ1) is 18.1. The van der Waals surface area contributed by atoms with Crippen LogP contribution >= 0.6 is 0 Å². The number of hydrogen-bond acceptors (Lipinski definition) is 4. The number of ether oxygens (including phenoxy) is 1. The third-order valence-electron chi connectivity index (χ3n) is 3.98. The van der Waals surface area contributed by atoms with Gasteiger partial charge < -0.3 is 10.1 Å². The lowest BCUT2D eigenvalue weighted by Crippen LogP contribution is -2.35. The molecule has 0 heterocycles. The number of hydrogen-bond donors (Lipinski definition) is 2. The fraction of sp³-hybridized carbons (Fsp3) is 0.0952. The van der Waals surface area contributed by atoms with E-state index >= 15 is 0 Å². The van der Waals surface area contributed by atoms with Crippen LogP contribution < -0.4 is 15.5 Å². The normalized spacial score (nSPS) is 10.7. The molecule has 0 spiro atoms. The van der Waals surface area contributed by atoms with Gasteiger partial charge in [0.15, 0.2) is 0 Å². The number of amides is 2. The van der Waals surface area contributed by atoms with Gasteiger partial charge in [-0.15, -0.1) is 0 Å². The van der Waals surface area contributed by atoms with Crippen LogP contribution in [0.5, 0.6) is 5.75 Å². The van der Waals surface area contributed by atoms with E-state index in [2.05, 4.69) is 15.8 Å². The molecule has 0 aliphatic rings. The summed E-state index contributed by atoms with van der Waals surface area (Å²) in [5.41, 5.74) is 3.65. The van der Waals surface area contributed by atoms with Gasteiger partial charge in [0.1, 0.15) is 5.75 Å². The highest BCUT2D eigenvalue weighted by Gasteiger charge is 2.10. The predicted octanol–water partition coefficient (Wildman–Crippen LogP) is 2.73. The lowest BCUT2D eigenvalue weighted by Gasteiger charge is -2.07. The Morgan fingerprint density at radius 3 is 2.59 bits per heavy atom. The molecule has 0 aliphatic heterocycles. The van der Waals surface area contributed by atoms with Crippen LogP contribution in [0.1, 0.15) is 15.9 Å². The van der Waals surface area contributed by atoms with Gasteiger partial charge in [-0.2, -0.15) is 5.10 Å². The molecule has 2 N–H and O–H groups in total. The number of carbonyl (C=O) groups is 2. The minimum atomic E-state index is -0.422. The van der Waals surface area contributed by atoms with Crippen molar-refractivity contribution >= 4 is 28.8 Å². The Hall–Kier alpha value is -3.67. The Bertz CT molecular complexity index is 993. The lowest BCUT2D eigenvalue weighted by atomic mass is 10.0. The van der Waals surface area contributed by atoms with E-state index in [0.29, 0.717) is 11.3 Å². The highest BCUT2D eigenvalue weighted by Crippen LogP contribution is 2.18. The summed E-state index contributed by atoms with van der Waals surface area (Å²) in [4.78, 5) is 24.3. The van der Waals surface area contributed by atoms with E-state index in [1.807, 2.05) is 54.6 Å². The monoisotopic (exact) mass is 361 g/mol. The Balaban J connectivity index is 1.57. The molecule has 3 aromatic rings. The molecule has 6 heteroatoms. The fourth-order valence-corrected chi connectivity index (χ4v) is 2.67. The van der Waals surface area contributed by atoms with Crippen molar-refractivity contribution in [2.24, 2.45) is 5.10 Å². The zero-order valence-corrected chi connectivity index (χ0v) is 14.8. The van der Waals surface area contributed by atoms with Gasteiger partial charge in [0.05, 0.1) is 19.9 Å². The largest absolute Gasteiger partial charge is 0.496 e. The van der Waals surface area contributed by atoms with Gasteiger partial charge in [0, 0.05) is 11.1 Å². The fourth-order valence-electron chi connectivity index (χ4n) is 2.67. The summed E-state index contributed by atoms with van der Waals surface area (Å²) in [6, 6.07) is 20.4. The Labute approximate surface area is 156 Å². The second-order valence-electron chi connectivity index (χ2n) is 5.74. The number of methoxy groups -OCH3 is 1. The van der Waals surface area contributed by atoms with E-state index in [9.17, 15) is 9.59 Å². The van der Waals surface area contributed by atoms with Gasteiger partial charge in [0.25, 0.3) is 11.8 Å². The van der Waals surface area contributed by atoms with Crippen LogP contribution in [-0.4, -0.2) is 31.7 Å². The maximum atomic E-state index is 12.4. The van der Waals surface area contributed by atoms with Crippen molar-refractivity contribution in [2.75, 3.05) is 13.7 Å². The first-order valence-electron chi connectivity index (χ1n) is 8.40. The van der Waals surface area contributed by atoms with E-state index in [1.165, 1.54) is 6.21 Å². The van der Waals surface area contributed by atoms with Crippen LogP contribution in [-0.2, 0) is 4.79 Å². The van der Waals surface area contributed by atoms with Crippen LogP contribution in [0.2, 0.25) is 0 Å². The molecule has 0 fully saturated rings. The Morgan fingerprint density at radius 2 is 1.74 bits per heavy atom. The SMILES string of the molecule is COc1ccccc1C=NNC(=O)CNC(=O)c1cccc2ccccc12. The maximum Gasteiger partial charge on any atom is 0.259 e. The molecule has 0 unspecified atom stereocenters. The van der Waals surface area contributed by atoms with Crippen molar-refractivity contribution in [3.8, 4) is 5.75 Å². The summed E-state index contributed by atoms with van der Waals surface area (Å²) in [5, 5.41) is 8.32. The molecule has 136 valence electrons. The van der Waals surface area contributed by atoms with Gasteiger partial charge >= 0.3 is 0 Å². The molecule has 0 atom stereocenters. The third-order valence-corrected chi connectivity index (χ3v) is 3.98. The van der Waals surface area contributed by atoms with Gasteiger partial charge in [-0.25, -0.2) is 5.43 Å². The molecule has 0 bridgehead atoms. The first-order valence-corrected chi connectivity index (χ1v) is 8.40. The smallest absolute Gasteiger partial charge is 0.259 e. The molecule has 0 radical (unpaired) electrons. The van der Waals surface area contributed by atoms with Gasteiger partial charge in [-0.1, -0.05) is 48.5 Å². The topological polar surface area (TPSA) is 79.8 Å². The number of rotatable bonds is 6. The van der Waals surface area contributed by atoms with Crippen LogP contribution in [0.15, 0.2) is 71.8 Å². The van der Waals surface area contributed by atoms with Crippen molar-refractivity contribution < 1.29 is 14.3 Å². The van der Waals surface area contributed by atoms with Crippen molar-refractivity contribution in [1.29, 1.82) is 0 Å². The van der Waals surface area contributed by atoms with Crippen LogP contribution in [0.25, 0.3) is 10.8 Å². The van der Waals surface area contributed by atoms with Crippen LogP contribution in [0.3, 0.4) is 0 Å². The average molecular weight is 361 g/mol. The number of hydrazone groups is 1. The van der Waals surface area contributed by atoms with E-state index in [-0.39, 0.29) is 12.5 Å². The lowest BCUT2D eigenvalue weighted by molar-refractivity contribution is -0.120. The molecule has 2 amide bonds. The van der Waals surface area contributed by atoms with Gasteiger partial charge in [-0.3, -0.25) is 9.59 Å². The summed E-state index contributed by atoms with van der Waals surface area (Å²) < 4.78 is 5.20. The van der Waals surface area contributed by atoms with E-state index in [1.54, 1.807) is 19.2 Å². The summed E-state index contributed by atoms with van der Waals surface area (Å²) >= 11 is 0. The van der Waals surface area contributed by atoms with E-state index in [0.717, 1.165) is 16.3 Å². The summed E-state index contributed by atoms with van der Waals surface area (Å²) in [5.74, 6) is -0.0786. The number of benzene rings is 3. The third kappa shape index (κ3) is 4.49. The molecular weight excluding hydrogens is 342 g/mol. The van der Waals surface area contributed by atoms with E-state index in [4.69, 9.17) is 4.74 Å². The minimum Gasteiger partial charge on any atom is -0.496 e. The summed E-state index contributed by atoms with van der Waals surface area (Å²) in [7, 11) is 1.56. The molecule has 6 nitrogen and oxygen atoms in total. The quantitative estimate of drug-likeness (QED) is 0.523. The highest BCUT2D eigenvalue weighted by atomic mass is 16.5. The average Bonchev–Trinajstić information content (AvgIpc) is 2.72. The van der Waals surface area contributed by atoms with Crippen molar-refractivity contribution in [3.63, 3.8) is 0 Å². The Kier molecular flexibility index (Phi) is 5.79. The molecule has 0 saturated carbocycles. The summed E-state index contributed by atoms with van der Waals surface area (Å²) in [6.07, 6.45) is 1.49. The zero-order chi connectivity index (χ0) is 19.1. The predicted molar refractivity (Wildman–Crippen MR) is 105 cm³/mol. The number of nitrogens with one attached hydrogen (secondary N) is 2. The Morgan fingerprint density at radius 1 is 1.00 bits per heavy atom. The molecule has 0 aliphatic carbocycles. The molecular formula is C21H19N3O3. The van der Waals surface area contributed by atoms with Gasteiger partial charge in [-0.05, 0) is 29.0 Å². The number of fused-ring (bicyclic) bond motifs is 1. The molecule has 0 aromatic heterocycles. The number of nitrogens with zero attached hydrogens (tertiary/aromatic N) is 1. The minimum absolute atomic E-state index is 0.175. The maximum absolute atomic E-state index is 12.4. The van der Waals surface area contributed by atoms with Gasteiger partial charge in [0.2, 0.25) is 0 Å². The van der Waals surface area contributed by atoms with Crippen molar-refractivity contribution in [2.45, 2.75) is 0 Å².